The second-order valence-corrected chi connectivity index (χ2v) is 6.56. The van der Waals surface area contributed by atoms with Gasteiger partial charge in [0.2, 0.25) is 5.16 Å². The van der Waals surface area contributed by atoms with Gasteiger partial charge in [0, 0.05) is 5.75 Å². The minimum atomic E-state index is 0.0777. The Kier molecular flexibility index (Phi) is 4.75. The van der Waals surface area contributed by atoms with E-state index in [1.165, 1.54) is 7.11 Å². The van der Waals surface area contributed by atoms with Gasteiger partial charge in [-0.1, -0.05) is 42.1 Å². The number of hydrogen-bond acceptors (Lipinski definition) is 8. The van der Waals surface area contributed by atoms with E-state index in [1.54, 1.807) is 40.9 Å². The number of thioether (sulfide) groups is 1. The Labute approximate surface area is 159 Å². The highest BCUT2D eigenvalue weighted by Gasteiger charge is 2.19. The molecule has 0 radical (unpaired) electrons. The van der Waals surface area contributed by atoms with Crippen molar-refractivity contribution in [2.75, 3.05) is 18.3 Å². The fourth-order valence-electron chi connectivity index (χ4n) is 2.51. The molecule has 27 heavy (non-hydrogen) atoms. The van der Waals surface area contributed by atoms with Gasteiger partial charge in [-0.2, -0.15) is 14.9 Å². The van der Waals surface area contributed by atoms with Crippen LogP contribution in [0.1, 0.15) is 11.1 Å². The number of phenols is 1. The third-order valence-corrected chi connectivity index (χ3v) is 4.79. The molecule has 8 nitrogen and oxygen atoms in total. The molecule has 0 spiro atoms. The van der Waals surface area contributed by atoms with Crippen molar-refractivity contribution in [2.24, 2.45) is 10.2 Å². The molecular weight excluding hydrogens is 364 g/mol. The predicted octanol–water partition coefficient (Wildman–Crippen LogP) is 2.80. The van der Waals surface area contributed by atoms with Crippen LogP contribution in [0.3, 0.4) is 0 Å². The van der Waals surface area contributed by atoms with Gasteiger partial charge in [0.1, 0.15) is 0 Å². The number of benzene rings is 2. The third-order valence-electron chi connectivity index (χ3n) is 3.86. The van der Waals surface area contributed by atoms with E-state index in [0.29, 0.717) is 16.9 Å². The average molecular weight is 380 g/mol. The Morgan fingerprint density at radius 3 is 2.89 bits per heavy atom. The number of ether oxygens (including phenoxy) is 1. The second-order valence-electron chi connectivity index (χ2n) is 5.62. The largest absolute Gasteiger partial charge is 0.504 e. The first-order valence-corrected chi connectivity index (χ1v) is 9.11. The summed E-state index contributed by atoms with van der Waals surface area (Å²) < 4.78 is 6.73. The smallest absolute Gasteiger partial charge is 0.266 e. The van der Waals surface area contributed by atoms with E-state index < -0.39 is 0 Å². The van der Waals surface area contributed by atoms with Crippen LogP contribution in [0.15, 0.2) is 63.9 Å². The zero-order chi connectivity index (χ0) is 18.6. The summed E-state index contributed by atoms with van der Waals surface area (Å²) in [6.07, 6.45) is 1.60. The highest BCUT2D eigenvalue weighted by Crippen LogP contribution is 2.27. The molecule has 2 heterocycles. The molecule has 0 bridgehead atoms. The highest BCUT2D eigenvalue weighted by molar-refractivity contribution is 7.99. The summed E-state index contributed by atoms with van der Waals surface area (Å²) in [6.45, 7) is 0. The number of hydrogen-bond donors (Lipinski definition) is 2. The molecule has 0 unspecified atom stereocenters. The Bertz CT molecular complexity index is 1020. The first-order chi connectivity index (χ1) is 13.2. The molecule has 1 aromatic heterocycles. The van der Waals surface area contributed by atoms with Crippen LogP contribution in [0.2, 0.25) is 0 Å². The molecule has 0 saturated carbocycles. The Hall–Kier alpha value is -3.33. The van der Waals surface area contributed by atoms with Crippen LogP contribution < -0.4 is 10.2 Å². The van der Waals surface area contributed by atoms with E-state index in [-0.39, 0.29) is 5.75 Å². The first kappa shape index (κ1) is 17.1. The quantitative estimate of drug-likeness (QED) is 0.522. The van der Waals surface area contributed by atoms with E-state index >= 15 is 0 Å². The maximum atomic E-state index is 9.64. The summed E-state index contributed by atoms with van der Waals surface area (Å²) in [7, 11) is 1.50. The van der Waals surface area contributed by atoms with Gasteiger partial charge in [0.05, 0.1) is 19.0 Å². The minimum Gasteiger partial charge on any atom is -0.504 e. The van der Waals surface area contributed by atoms with E-state index in [1.807, 2.05) is 30.3 Å². The number of nitrogens with zero attached hydrogens (tertiary/aromatic N) is 5. The summed E-state index contributed by atoms with van der Waals surface area (Å²) >= 11 is 1.57. The number of fused-ring (bicyclic) bond motifs is 1. The number of nitrogens with one attached hydrogen (secondary N) is 1. The fraction of sp³-hybridized carbons (Fsp3) is 0.111. The van der Waals surface area contributed by atoms with Gasteiger partial charge >= 0.3 is 0 Å². The van der Waals surface area contributed by atoms with Crippen molar-refractivity contribution < 1.29 is 9.84 Å². The lowest BCUT2D eigenvalue weighted by atomic mass is 10.1. The number of methoxy groups -OCH3 is 1. The van der Waals surface area contributed by atoms with Gasteiger partial charge in [-0.05, 0) is 29.3 Å². The third kappa shape index (κ3) is 3.63. The lowest BCUT2D eigenvalue weighted by Crippen LogP contribution is -2.14. The van der Waals surface area contributed by atoms with Gasteiger partial charge < -0.3 is 9.84 Å². The molecule has 3 aromatic rings. The number of aromatic hydroxyl groups is 1. The number of hydrazone groups is 1. The molecule has 0 atom stereocenters. The average Bonchev–Trinajstić information content (AvgIpc) is 3.12. The van der Waals surface area contributed by atoms with Crippen molar-refractivity contribution in [2.45, 2.75) is 5.16 Å². The topological polar surface area (TPSA) is 96.9 Å². The van der Waals surface area contributed by atoms with Crippen LogP contribution in [0.25, 0.3) is 0 Å². The van der Waals surface area contributed by atoms with E-state index in [4.69, 9.17) is 4.74 Å². The number of phenolic OH excluding ortho intramolecular Hbond substituents is 1. The van der Waals surface area contributed by atoms with E-state index in [2.05, 4.69) is 25.8 Å². The van der Waals surface area contributed by atoms with Crippen LogP contribution >= 0.6 is 11.8 Å². The number of anilines is 1. The molecule has 2 N–H and O–H groups in total. The van der Waals surface area contributed by atoms with E-state index in [0.717, 1.165) is 22.6 Å². The molecule has 9 heteroatoms. The van der Waals surface area contributed by atoms with Crippen LogP contribution in [0.5, 0.6) is 11.5 Å². The SMILES string of the molecule is COc1cc(/C=N/Nc2nnc3n2N=C(c2ccccc2)CS3)ccc1O. The normalized spacial score (nSPS) is 13.3. The van der Waals surface area contributed by atoms with Crippen LogP contribution in [-0.4, -0.2) is 44.8 Å². The van der Waals surface area contributed by atoms with Gasteiger partial charge in [-0.15, -0.1) is 10.2 Å². The van der Waals surface area contributed by atoms with Crippen LogP contribution in [-0.2, 0) is 0 Å². The minimum absolute atomic E-state index is 0.0777. The molecule has 0 amide bonds. The molecule has 2 aromatic carbocycles. The van der Waals surface area contributed by atoms with E-state index in [9.17, 15) is 5.11 Å². The molecule has 4 rings (SSSR count). The number of aromatic nitrogens is 3. The summed E-state index contributed by atoms with van der Waals surface area (Å²) in [5.74, 6) is 1.62. The number of rotatable bonds is 5. The maximum Gasteiger partial charge on any atom is 0.266 e. The molecule has 0 fully saturated rings. The Balaban J connectivity index is 1.54. The molecule has 0 aliphatic carbocycles. The van der Waals surface area contributed by atoms with Crippen LogP contribution in [0, 0.1) is 0 Å². The Morgan fingerprint density at radius 1 is 1.22 bits per heavy atom. The molecule has 1 aliphatic rings. The summed E-state index contributed by atoms with van der Waals surface area (Å²) in [6, 6.07) is 15.0. The summed E-state index contributed by atoms with van der Waals surface area (Å²) in [4.78, 5) is 0. The first-order valence-electron chi connectivity index (χ1n) is 8.12. The molecule has 0 saturated heterocycles. The summed E-state index contributed by atoms with van der Waals surface area (Å²) in [5.41, 5.74) is 5.64. The predicted molar refractivity (Wildman–Crippen MR) is 105 cm³/mol. The monoisotopic (exact) mass is 380 g/mol. The maximum absolute atomic E-state index is 9.64. The van der Waals surface area contributed by atoms with Gasteiger partial charge in [0.15, 0.2) is 11.5 Å². The van der Waals surface area contributed by atoms with Crippen molar-refractivity contribution in [3.8, 4) is 11.5 Å². The standard InChI is InChI=1S/C18H16N6O2S/c1-26-16-9-12(7-8-15(16)25)10-19-20-17-21-22-18-24(17)23-14(11-27-18)13-5-3-2-4-6-13/h2-10,25H,11H2,1H3,(H,20,21)/b19-10+. The molecule has 136 valence electrons. The molecule has 1 aliphatic heterocycles. The zero-order valence-electron chi connectivity index (χ0n) is 14.4. The van der Waals surface area contributed by atoms with Crippen molar-refractivity contribution in [3.05, 3.63) is 59.7 Å². The highest BCUT2D eigenvalue weighted by atomic mass is 32.2. The van der Waals surface area contributed by atoms with Crippen molar-refractivity contribution in [1.29, 1.82) is 0 Å². The van der Waals surface area contributed by atoms with Crippen molar-refractivity contribution in [1.82, 2.24) is 14.9 Å². The zero-order valence-corrected chi connectivity index (χ0v) is 15.2. The van der Waals surface area contributed by atoms with Crippen molar-refractivity contribution >= 4 is 29.6 Å². The summed E-state index contributed by atoms with van der Waals surface area (Å²) in [5, 5.41) is 27.4. The van der Waals surface area contributed by atoms with Gasteiger partial charge in [0.25, 0.3) is 5.95 Å². The fourth-order valence-corrected chi connectivity index (χ4v) is 3.35. The second kappa shape index (κ2) is 7.50. The molecular formula is C18H16N6O2S. The van der Waals surface area contributed by atoms with Gasteiger partial charge in [-0.3, -0.25) is 0 Å². The lowest BCUT2D eigenvalue weighted by Gasteiger charge is -2.13. The lowest BCUT2D eigenvalue weighted by molar-refractivity contribution is 0.373. The van der Waals surface area contributed by atoms with Crippen LogP contribution in [0.4, 0.5) is 5.95 Å². The van der Waals surface area contributed by atoms with Gasteiger partial charge in [-0.25, -0.2) is 5.43 Å². The Morgan fingerprint density at radius 2 is 2.07 bits per heavy atom. The van der Waals surface area contributed by atoms with Crippen molar-refractivity contribution in [3.63, 3.8) is 0 Å².